The van der Waals surface area contributed by atoms with Crippen molar-refractivity contribution in [2.75, 3.05) is 0 Å². The third-order valence-corrected chi connectivity index (χ3v) is 4.96. The van der Waals surface area contributed by atoms with E-state index in [-0.39, 0.29) is 11.1 Å². The fourth-order valence-electron chi connectivity index (χ4n) is 3.05. The lowest BCUT2D eigenvalue weighted by atomic mass is 9.99. The van der Waals surface area contributed by atoms with Gasteiger partial charge in [0.25, 0.3) is 11.1 Å². The van der Waals surface area contributed by atoms with Crippen LogP contribution in [0.15, 0.2) is 76.8 Å². The first-order valence-corrected chi connectivity index (χ1v) is 8.99. The van der Waals surface area contributed by atoms with E-state index in [1.54, 1.807) is 43.4 Å². The van der Waals surface area contributed by atoms with Gasteiger partial charge in [-0.1, -0.05) is 23.7 Å². The van der Waals surface area contributed by atoms with Crippen molar-refractivity contribution in [2.24, 2.45) is 14.1 Å². The average Bonchev–Trinajstić information content (AvgIpc) is 3.16. The highest BCUT2D eigenvalue weighted by Gasteiger charge is 2.14. The van der Waals surface area contributed by atoms with Crippen LogP contribution in [0.2, 0.25) is 5.02 Å². The van der Waals surface area contributed by atoms with E-state index in [1.165, 1.54) is 21.3 Å². The maximum absolute atomic E-state index is 12.3. The number of aromatic nitrogens is 4. The second-order valence-electron chi connectivity index (χ2n) is 6.54. The molecular weight excluding hydrogens is 376 g/mol. The zero-order valence-corrected chi connectivity index (χ0v) is 16.1. The molecule has 0 unspecified atom stereocenters. The third kappa shape index (κ3) is 3.18. The summed E-state index contributed by atoms with van der Waals surface area (Å²) in [4.78, 5) is 24.3. The SMILES string of the molecule is Cn1ccc(-c2cc(=O)n(C)cc2-c2cnn(-c3ccccc3Cl)c2)cc1=O. The number of aryl methyl sites for hydroxylation is 2. The molecule has 28 heavy (non-hydrogen) atoms. The fourth-order valence-corrected chi connectivity index (χ4v) is 3.27. The highest BCUT2D eigenvalue weighted by molar-refractivity contribution is 6.32. The predicted molar refractivity (Wildman–Crippen MR) is 110 cm³/mol. The van der Waals surface area contributed by atoms with Gasteiger partial charge in [0.05, 0.1) is 16.9 Å². The van der Waals surface area contributed by atoms with Crippen molar-refractivity contribution < 1.29 is 0 Å². The zero-order valence-electron chi connectivity index (χ0n) is 15.3. The number of nitrogens with zero attached hydrogens (tertiary/aromatic N) is 4. The summed E-state index contributed by atoms with van der Waals surface area (Å²) in [6, 6.07) is 12.3. The molecule has 7 heteroatoms. The van der Waals surface area contributed by atoms with E-state index < -0.39 is 0 Å². The minimum absolute atomic E-state index is 0.143. The molecule has 0 fully saturated rings. The standard InChI is InChI=1S/C21H17ClN4O2/c1-24-8-7-14(9-20(24)27)16-10-21(28)25(2)13-17(16)15-11-23-26(12-15)19-6-4-3-5-18(19)22/h3-13H,1-2H3. The van der Waals surface area contributed by atoms with Gasteiger partial charge in [0.15, 0.2) is 0 Å². The van der Waals surface area contributed by atoms with Gasteiger partial charge in [-0.3, -0.25) is 9.59 Å². The number of hydrogen-bond acceptors (Lipinski definition) is 3. The molecule has 0 bridgehead atoms. The summed E-state index contributed by atoms with van der Waals surface area (Å²) in [5.41, 5.74) is 3.44. The topological polar surface area (TPSA) is 61.8 Å². The van der Waals surface area contributed by atoms with Gasteiger partial charge < -0.3 is 9.13 Å². The first-order chi connectivity index (χ1) is 13.4. The summed E-state index contributed by atoms with van der Waals surface area (Å²) < 4.78 is 4.68. The van der Waals surface area contributed by atoms with Crippen LogP contribution in [0.5, 0.6) is 0 Å². The van der Waals surface area contributed by atoms with Gasteiger partial charge >= 0.3 is 0 Å². The lowest BCUT2D eigenvalue weighted by Gasteiger charge is -2.11. The van der Waals surface area contributed by atoms with Gasteiger partial charge in [0, 0.05) is 55.9 Å². The largest absolute Gasteiger partial charge is 0.319 e. The minimum atomic E-state index is -0.155. The molecule has 0 radical (unpaired) electrons. The maximum Gasteiger partial charge on any atom is 0.250 e. The molecule has 0 N–H and O–H groups in total. The molecule has 0 amide bonds. The smallest absolute Gasteiger partial charge is 0.250 e. The van der Waals surface area contributed by atoms with Crippen molar-refractivity contribution in [3.05, 3.63) is 93.0 Å². The molecule has 0 saturated carbocycles. The Kier molecular flexibility index (Phi) is 4.49. The molecule has 0 saturated heterocycles. The van der Waals surface area contributed by atoms with Gasteiger partial charge in [-0.15, -0.1) is 0 Å². The Morgan fingerprint density at radius 1 is 0.857 bits per heavy atom. The summed E-state index contributed by atoms with van der Waals surface area (Å²) in [5, 5.41) is 5.01. The van der Waals surface area contributed by atoms with Crippen LogP contribution in [0.25, 0.3) is 27.9 Å². The number of benzene rings is 1. The van der Waals surface area contributed by atoms with E-state index in [0.29, 0.717) is 16.1 Å². The highest BCUT2D eigenvalue weighted by atomic mass is 35.5. The highest BCUT2D eigenvalue weighted by Crippen LogP contribution is 2.31. The molecule has 0 spiro atoms. The van der Waals surface area contributed by atoms with Gasteiger partial charge in [-0.2, -0.15) is 5.10 Å². The van der Waals surface area contributed by atoms with Crippen molar-refractivity contribution in [1.82, 2.24) is 18.9 Å². The number of rotatable bonds is 3. The normalized spacial score (nSPS) is 11.0. The quantitative estimate of drug-likeness (QED) is 0.537. The van der Waals surface area contributed by atoms with Gasteiger partial charge in [-0.05, 0) is 29.3 Å². The van der Waals surface area contributed by atoms with Crippen LogP contribution in [0.4, 0.5) is 0 Å². The van der Waals surface area contributed by atoms with Crippen LogP contribution < -0.4 is 11.1 Å². The predicted octanol–water partition coefficient (Wildman–Crippen LogP) is 3.26. The van der Waals surface area contributed by atoms with Crippen LogP contribution in [0.3, 0.4) is 0 Å². The van der Waals surface area contributed by atoms with Crippen molar-refractivity contribution in [2.45, 2.75) is 0 Å². The van der Waals surface area contributed by atoms with Gasteiger partial charge in [0.2, 0.25) is 0 Å². The molecular formula is C21H17ClN4O2. The van der Waals surface area contributed by atoms with E-state index in [1.807, 2.05) is 30.5 Å². The van der Waals surface area contributed by atoms with Crippen molar-refractivity contribution in [3.63, 3.8) is 0 Å². The van der Waals surface area contributed by atoms with Gasteiger partial charge in [0.1, 0.15) is 0 Å². The second kappa shape index (κ2) is 6.98. The van der Waals surface area contributed by atoms with E-state index in [9.17, 15) is 9.59 Å². The molecule has 1 aromatic carbocycles. The minimum Gasteiger partial charge on any atom is -0.319 e. The Morgan fingerprint density at radius 2 is 1.61 bits per heavy atom. The molecule has 0 aliphatic carbocycles. The molecule has 0 aliphatic rings. The molecule has 0 atom stereocenters. The maximum atomic E-state index is 12.3. The average molecular weight is 393 g/mol. The Bertz CT molecular complexity index is 1300. The van der Waals surface area contributed by atoms with E-state index in [4.69, 9.17) is 11.6 Å². The first kappa shape index (κ1) is 18.0. The molecule has 0 aliphatic heterocycles. The number of pyridine rings is 2. The van der Waals surface area contributed by atoms with E-state index >= 15 is 0 Å². The molecule has 4 rings (SSSR count). The Morgan fingerprint density at radius 3 is 2.36 bits per heavy atom. The Labute approximate surface area is 165 Å². The van der Waals surface area contributed by atoms with Crippen LogP contribution in [-0.2, 0) is 14.1 Å². The first-order valence-electron chi connectivity index (χ1n) is 8.62. The fraction of sp³-hybridized carbons (Fsp3) is 0.0952. The summed E-state index contributed by atoms with van der Waals surface area (Å²) >= 11 is 6.28. The van der Waals surface area contributed by atoms with Gasteiger partial charge in [-0.25, -0.2) is 4.68 Å². The number of halogens is 1. The second-order valence-corrected chi connectivity index (χ2v) is 6.95. The summed E-state index contributed by atoms with van der Waals surface area (Å²) in [5.74, 6) is 0. The van der Waals surface area contributed by atoms with E-state index in [2.05, 4.69) is 5.10 Å². The number of para-hydroxylation sites is 1. The molecule has 6 nitrogen and oxygen atoms in total. The lowest BCUT2D eigenvalue weighted by Crippen LogP contribution is -2.17. The van der Waals surface area contributed by atoms with Crippen LogP contribution in [-0.4, -0.2) is 18.9 Å². The Balaban J connectivity index is 1.90. The summed E-state index contributed by atoms with van der Waals surface area (Å²) in [6.45, 7) is 0. The molecule has 4 aromatic rings. The van der Waals surface area contributed by atoms with E-state index in [0.717, 1.165) is 16.8 Å². The third-order valence-electron chi connectivity index (χ3n) is 4.64. The van der Waals surface area contributed by atoms with Crippen LogP contribution in [0.1, 0.15) is 0 Å². The Hall–Kier alpha value is -3.38. The number of hydrogen-bond donors (Lipinski definition) is 0. The van der Waals surface area contributed by atoms with Crippen LogP contribution in [0, 0.1) is 0 Å². The van der Waals surface area contributed by atoms with Crippen molar-refractivity contribution in [1.29, 1.82) is 0 Å². The zero-order chi connectivity index (χ0) is 19.8. The molecule has 3 heterocycles. The summed E-state index contributed by atoms with van der Waals surface area (Å²) in [6.07, 6.45) is 7.01. The van der Waals surface area contributed by atoms with Crippen molar-refractivity contribution in [3.8, 4) is 27.9 Å². The lowest BCUT2D eigenvalue weighted by molar-refractivity contribution is 0.857. The van der Waals surface area contributed by atoms with Crippen molar-refractivity contribution >= 4 is 11.6 Å². The monoisotopic (exact) mass is 392 g/mol. The molecule has 3 aromatic heterocycles. The molecule has 140 valence electrons. The van der Waals surface area contributed by atoms with Crippen LogP contribution >= 0.6 is 11.6 Å². The summed E-state index contributed by atoms with van der Waals surface area (Å²) in [7, 11) is 3.38.